The molecule has 0 radical (unpaired) electrons. The van der Waals surface area contributed by atoms with Gasteiger partial charge in [-0.25, -0.2) is 0 Å². The summed E-state index contributed by atoms with van der Waals surface area (Å²) in [6, 6.07) is 6.31. The third kappa shape index (κ3) is 3.56. The minimum Gasteiger partial charge on any atom is -0.508 e. The molecule has 4 bridgehead atoms. The predicted molar refractivity (Wildman–Crippen MR) is 136 cm³/mol. The number of rotatable bonds is 5. The van der Waals surface area contributed by atoms with E-state index < -0.39 is 11.6 Å². The quantitative estimate of drug-likeness (QED) is 0.430. The van der Waals surface area contributed by atoms with E-state index in [0.717, 1.165) is 61.3 Å². The molecule has 198 valence electrons. The molecule has 2 atom stereocenters. The molecule has 1 aliphatic heterocycles. The Morgan fingerprint density at radius 1 is 0.833 bits per heavy atom. The van der Waals surface area contributed by atoms with Crippen molar-refractivity contribution in [2.45, 2.75) is 115 Å². The molecule has 1 aromatic rings. The Morgan fingerprint density at radius 2 is 1.42 bits per heavy atom. The summed E-state index contributed by atoms with van der Waals surface area (Å²) in [5, 5.41) is 10.7. The normalized spacial score (nSPS) is 49.1. The Hall–Kier alpha value is -1.14. The van der Waals surface area contributed by atoms with Gasteiger partial charge in [-0.2, -0.15) is 19.6 Å². The van der Waals surface area contributed by atoms with Crippen LogP contribution in [0.3, 0.4) is 0 Å². The molecule has 5 heteroatoms. The molecule has 0 amide bonds. The lowest BCUT2D eigenvalue weighted by molar-refractivity contribution is -0.680. The Morgan fingerprint density at radius 3 is 1.97 bits per heavy atom. The second-order valence-electron chi connectivity index (χ2n) is 13.6. The smallest absolute Gasteiger partial charge is 0.239 e. The van der Waals surface area contributed by atoms with Gasteiger partial charge in [0.15, 0.2) is 0 Å². The zero-order chi connectivity index (χ0) is 24.7. The van der Waals surface area contributed by atoms with Crippen molar-refractivity contribution in [2.24, 2.45) is 40.9 Å². The molecule has 1 N–H and O–H groups in total. The van der Waals surface area contributed by atoms with Crippen LogP contribution in [0, 0.1) is 40.9 Å². The van der Waals surface area contributed by atoms with E-state index in [1.165, 1.54) is 50.5 Å². The number of hydrogen-bond acceptors (Lipinski definition) is 5. The minimum absolute atomic E-state index is 0.322. The van der Waals surface area contributed by atoms with Gasteiger partial charge in [-0.05, 0) is 104 Å². The summed E-state index contributed by atoms with van der Waals surface area (Å²) >= 11 is 0. The van der Waals surface area contributed by atoms with Gasteiger partial charge >= 0.3 is 0 Å². The topological polar surface area (TPSA) is 57.2 Å². The van der Waals surface area contributed by atoms with E-state index >= 15 is 0 Å². The Kier molecular flexibility index (Phi) is 5.61. The van der Waals surface area contributed by atoms with Crippen molar-refractivity contribution < 1.29 is 24.7 Å². The van der Waals surface area contributed by atoms with E-state index in [9.17, 15) is 5.11 Å². The standard InChI is InChI=1S/C31H44O5/c1-4-26-27(5-2)29(26,3)18-23-17-22(6-7-28(23)32)21-8-10-30(11-9-21)33-35-31(36-34-30)24-13-19-12-20(15-24)16-25(31)14-19/h6-7,17,19-21,24-27,32H,4-5,8-16,18H2,1-3H3. The number of phenols is 1. The van der Waals surface area contributed by atoms with Crippen molar-refractivity contribution in [1.82, 2.24) is 0 Å². The summed E-state index contributed by atoms with van der Waals surface area (Å²) in [7, 11) is 0. The van der Waals surface area contributed by atoms with E-state index in [2.05, 4.69) is 32.9 Å². The van der Waals surface area contributed by atoms with Gasteiger partial charge in [-0.1, -0.05) is 45.7 Å². The Balaban J connectivity index is 1.00. The number of aromatic hydroxyl groups is 1. The predicted octanol–water partition coefficient (Wildman–Crippen LogP) is 7.42. The fraction of sp³-hybridized carbons (Fsp3) is 0.806. The van der Waals surface area contributed by atoms with Crippen LogP contribution in [-0.4, -0.2) is 16.7 Å². The van der Waals surface area contributed by atoms with Crippen LogP contribution in [0.15, 0.2) is 18.2 Å². The lowest BCUT2D eigenvalue weighted by Gasteiger charge is -2.60. The molecule has 0 aromatic heterocycles. The maximum absolute atomic E-state index is 10.7. The van der Waals surface area contributed by atoms with Crippen LogP contribution in [0.5, 0.6) is 5.75 Å². The summed E-state index contributed by atoms with van der Waals surface area (Å²) in [5.74, 6) is 3.49. The van der Waals surface area contributed by atoms with Crippen molar-refractivity contribution in [2.75, 3.05) is 0 Å². The first-order valence-electron chi connectivity index (χ1n) is 14.9. The van der Waals surface area contributed by atoms with Gasteiger partial charge in [0, 0.05) is 24.7 Å². The molecule has 1 saturated heterocycles. The van der Waals surface area contributed by atoms with Gasteiger partial charge in [0.2, 0.25) is 11.6 Å². The van der Waals surface area contributed by atoms with Gasteiger partial charge < -0.3 is 5.11 Å². The van der Waals surface area contributed by atoms with E-state index in [1.807, 2.05) is 6.07 Å². The van der Waals surface area contributed by atoms with Crippen LogP contribution in [0.2, 0.25) is 0 Å². The molecular weight excluding hydrogens is 452 g/mol. The minimum atomic E-state index is -0.777. The maximum atomic E-state index is 10.7. The number of phenolic OH excluding ortho intramolecular Hbond substituents is 1. The molecule has 7 fully saturated rings. The van der Waals surface area contributed by atoms with Gasteiger partial charge in [0.05, 0.1) is 0 Å². The van der Waals surface area contributed by atoms with Crippen LogP contribution in [0.25, 0.3) is 0 Å². The number of hydrogen-bond donors (Lipinski definition) is 1. The third-order valence-electron chi connectivity index (χ3n) is 11.8. The van der Waals surface area contributed by atoms with Crippen LogP contribution >= 0.6 is 0 Å². The summed E-state index contributed by atoms with van der Waals surface area (Å²) in [4.78, 5) is 24.8. The van der Waals surface area contributed by atoms with Crippen molar-refractivity contribution in [3.8, 4) is 5.75 Å². The molecule has 36 heavy (non-hydrogen) atoms. The molecule has 6 aliphatic carbocycles. The lowest BCUT2D eigenvalue weighted by atomic mass is 9.53. The van der Waals surface area contributed by atoms with Crippen molar-refractivity contribution >= 4 is 0 Å². The largest absolute Gasteiger partial charge is 0.508 e. The summed E-state index contributed by atoms with van der Waals surface area (Å²) in [5.41, 5.74) is 2.77. The highest BCUT2D eigenvalue weighted by Crippen LogP contribution is 2.64. The molecule has 5 nitrogen and oxygen atoms in total. The van der Waals surface area contributed by atoms with Crippen LogP contribution in [0.4, 0.5) is 0 Å². The molecule has 8 rings (SSSR count). The summed E-state index contributed by atoms with van der Waals surface area (Å²) in [6.07, 6.45) is 13.0. The SMILES string of the molecule is CCC1C(CC)C1(C)Cc1cc(C2CCC3(CC2)OOC2(OO3)C3CC4CC(C3)CC2C4)ccc1O. The molecule has 7 aliphatic rings. The zero-order valence-corrected chi connectivity index (χ0v) is 22.3. The second-order valence-corrected chi connectivity index (χ2v) is 13.6. The third-order valence-corrected chi connectivity index (χ3v) is 11.8. The highest BCUT2D eigenvalue weighted by molar-refractivity contribution is 5.39. The molecule has 1 aromatic carbocycles. The Bertz CT molecular complexity index is 945. The summed E-state index contributed by atoms with van der Waals surface area (Å²) in [6.45, 7) is 7.03. The first-order chi connectivity index (χ1) is 17.4. The van der Waals surface area contributed by atoms with Crippen LogP contribution < -0.4 is 0 Å². The maximum Gasteiger partial charge on any atom is 0.239 e. The molecule has 2 unspecified atom stereocenters. The average molecular weight is 497 g/mol. The molecule has 1 heterocycles. The molecule has 2 spiro atoms. The average Bonchev–Trinajstić information content (AvgIpc) is 3.47. The zero-order valence-electron chi connectivity index (χ0n) is 22.3. The van der Waals surface area contributed by atoms with Crippen molar-refractivity contribution in [1.29, 1.82) is 0 Å². The van der Waals surface area contributed by atoms with Crippen LogP contribution in [-0.2, 0) is 26.0 Å². The van der Waals surface area contributed by atoms with Gasteiger partial charge in [-0.3, -0.25) is 0 Å². The molecule has 6 saturated carbocycles. The van der Waals surface area contributed by atoms with E-state index in [0.29, 0.717) is 28.9 Å². The fourth-order valence-corrected chi connectivity index (χ4v) is 9.92. The Labute approximate surface area is 216 Å². The van der Waals surface area contributed by atoms with Crippen molar-refractivity contribution in [3.63, 3.8) is 0 Å². The summed E-state index contributed by atoms with van der Waals surface area (Å²) < 4.78 is 0. The van der Waals surface area contributed by atoms with E-state index in [4.69, 9.17) is 19.6 Å². The van der Waals surface area contributed by atoms with E-state index in [-0.39, 0.29) is 0 Å². The molecular formula is C31H44O5. The monoisotopic (exact) mass is 496 g/mol. The van der Waals surface area contributed by atoms with Crippen LogP contribution in [0.1, 0.15) is 108 Å². The highest BCUT2D eigenvalue weighted by atomic mass is 17.4. The van der Waals surface area contributed by atoms with Crippen molar-refractivity contribution in [3.05, 3.63) is 29.3 Å². The fourth-order valence-electron chi connectivity index (χ4n) is 9.92. The highest BCUT2D eigenvalue weighted by Gasteiger charge is 2.65. The second kappa shape index (κ2) is 8.43. The number of benzene rings is 1. The lowest BCUT2D eigenvalue weighted by Crippen LogP contribution is -2.64. The van der Waals surface area contributed by atoms with Gasteiger partial charge in [0.1, 0.15) is 5.75 Å². The first kappa shape index (κ1) is 23.9. The van der Waals surface area contributed by atoms with E-state index in [1.54, 1.807) is 0 Å². The van der Waals surface area contributed by atoms with Gasteiger partial charge in [-0.15, -0.1) is 0 Å². The van der Waals surface area contributed by atoms with Gasteiger partial charge in [0.25, 0.3) is 0 Å². The first-order valence-corrected chi connectivity index (χ1v) is 14.9.